The molecule has 1 amide bonds. The van der Waals surface area contributed by atoms with Crippen LogP contribution in [0.15, 0.2) is 24.3 Å². The van der Waals surface area contributed by atoms with E-state index in [1.807, 2.05) is 6.07 Å². The molecule has 0 saturated carbocycles. The molecule has 130 valence electrons. The molecule has 6 heteroatoms. The summed E-state index contributed by atoms with van der Waals surface area (Å²) in [4.78, 5) is 25.3. The minimum absolute atomic E-state index is 0.000942. The Morgan fingerprint density at radius 1 is 1.29 bits per heavy atom. The van der Waals surface area contributed by atoms with E-state index in [4.69, 9.17) is 14.6 Å². The number of rotatable bonds is 6. The fraction of sp³-hybridized carbons (Fsp3) is 0.556. The van der Waals surface area contributed by atoms with Gasteiger partial charge in [0.1, 0.15) is 12.4 Å². The molecule has 1 N–H and O–H groups in total. The highest BCUT2D eigenvalue weighted by Crippen LogP contribution is 2.24. The molecular weight excluding hydrogens is 310 g/mol. The van der Waals surface area contributed by atoms with E-state index in [2.05, 4.69) is 0 Å². The molecule has 1 aromatic carbocycles. The fourth-order valence-corrected chi connectivity index (χ4v) is 3.37. The third-order valence-electron chi connectivity index (χ3n) is 4.59. The Kier molecular flexibility index (Phi) is 5.35. The molecule has 3 rings (SSSR count). The first-order valence-corrected chi connectivity index (χ1v) is 8.50. The van der Waals surface area contributed by atoms with Gasteiger partial charge in [-0.15, -0.1) is 0 Å². The van der Waals surface area contributed by atoms with Gasteiger partial charge in [0, 0.05) is 24.8 Å². The second kappa shape index (κ2) is 7.66. The highest BCUT2D eigenvalue weighted by Gasteiger charge is 2.31. The topological polar surface area (TPSA) is 76.1 Å². The van der Waals surface area contributed by atoms with Crippen LogP contribution in [0.5, 0.6) is 5.75 Å². The van der Waals surface area contributed by atoms with Gasteiger partial charge in [0.25, 0.3) is 5.91 Å². The van der Waals surface area contributed by atoms with Crippen LogP contribution in [-0.4, -0.2) is 53.8 Å². The lowest BCUT2D eigenvalue weighted by molar-refractivity contribution is -0.137. The zero-order valence-electron chi connectivity index (χ0n) is 13.6. The first kappa shape index (κ1) is 16.8. The van der Waals surface area contributed by atoms with Crippen LogP contribution in [0.4, 0.5) is 0 Å². The van der Waals surface area contributed by atoms with Crippen molar-refractivity contribution >= 4 is 11.9 Å². The van der Waals surface area contributed by atoms with Gasteiger partial charge in [0.05, 0.1) is 12.5 Å². The van der Waals surface area contributed by atoms with Crippen molar-refractivity contribution < 1.29 is 24.2 Å². The average molecular weight is 333 g/mol. The largest absolute Gasteiger partial charge is 0.491 e. The van der Waals surface area contributed by atoms with Crippen molar-refractivity contribution in [3.8, 4) is 5.75 Å². The number of carboxylic acid groups (broad SMARTS) is 1. The summed E-state index contributed by atoms with van der Waals surface area (Å²) in [5, 5.41) is 8.99. The summed E-state index contributed by atoms with van der Waals surface area (Å²) < 4.78 is 11.3. The smallest absolute Gasteiger partial charge is 0.305 e. The van der Waals surface area contributed by atoms with Gasteiger partial charge >= 0.3 is 5.97 Å². The molecule has 0 radical (unpaired) electrons. The van der Waals surface area contributed by atoms with Crippen LogP contribution in [0.2, 0.25) is 0 Å². The van der Waals surface area contributed by atoms with E-state index in [1.54, 1.807) is 23.1 Å². The minimum atomic E-state index is -0.867. The summed E-state index contributed by atoms with van der Waals surface area (Å²) in [5.41, 5.74) is 0.539. The molecule has 24 heavy (non-hydrogen) atoms. The van der Waals surface area contributed by atoms with Crippen LogP contribution in [-0.2, 0) is 9.53 Å². The van der Waals surface area contributed by atoms with E-state index in [9.17, 15) is 9.59 Å². The van der Waals surface area contributed by atoms with Gasteiger partial charge in [-0.05, 0) is 43.9 Å². The molecule has 0 aliphatic carbocycles. The van der Waals surface area contributed by atoms with Gasteiger partial charge in [-0.1, -0.05) is 6.07 Å². The minimum Gasteiger partial charge on any atom is -0.491 e. The lowest BCUT2D eigenvalue weighted by Crippen LogP contribution is -2.36. The third kappa shape index (κ3) is 4.06. The van der Waals surface area contributed by atoms with Crippen LogP contribution in [0.25, 0.3) is 0 Å². The molecule has 1 aromatic rings. The highest BCUT2D eigenvalue weighted by molar-refractivity contribution is 5.95. The third-order valence-corrected chi connectivity index (χ3v) is 4.59. The molecule has 2 heterocycles. The zero-order chi connectivity index (χ0) is 16.9. The van der Waals surface area contributed by atoms with E-state index in [0.717, 1.165) is 32.3 Å². The number of carboxylic acids is 1. The second-order valence-corrected chi connectivity index (χ2v) is 6.37. The molecule has 2 atom stereocenters. The van der Waals surface area contributed by atoms with E-state index in [-0.39, 0.29) is 24.5 Å². The van der Waals surface area contributed by atoms with Gasteiger partial charge in [-0.3, -0.25) is 9.59 Å². The molecule has 2 aliphatic heterocycles. The van der Waals surface area contributed by atoms with Gasteiger partial charge in [-0.2, -0.15) is 0 Å². The molecule has 6 nitrogen and oxygen atoms in total. The maximum Gasteiger partial charge on any atom is 0.305 e. The summed E-state index contributed by atoms with van der Waals surface area (Å²) in [6, 6.07) is 6.88. The Hall–Kier alpha value is -2.08. The van der Waals surface area contributed by atoms with Crippen LogP contribution >= 0.6 is 0 Å². The Morgan fingerprint density at radius 2 is 2.17 bits per heavy atom. The normalized spacial score (nSPS) is 23.4. The first-order valence-electron chi connectivity index (χ1n) is 8.50. The van der Waals surface area contributed by atoms with Gasteiger partial charge < -0.3 is 19.5 Å². The zero-order valence-corrected chi connectivity index (χ0v) is 13.6. The van der Waals surface area contributed by atoms with Crippen molar-refractivity contribution in [3.63, 3.8) is 0 Å². The van der Waals surface area contributed by atoms with E-state index < -0.39 is 5.97 Å². The monoisotopic (exact) mass is 333 g/mol. The van der Waals surface area contributed by atoms with E-state index >= 15 is 0 Å². The van der Waals surface area contributed by atoms with Crippen LogP contribution in [0.3, 0.4) is 0 Å². The summed E-state index contributed by atoms with van der Waals surface area (Å²) in [7, 11) is 0. The van der Waals surface area contributed by atoms with Crippen molar-refractivity contribution in [2.24, 2.45) is 0 Å². The van der Waals surface area contributed by atoms with Crippen molar-refractivity contribution in [1.82, 2.24) is 4.90 Å². The van der Waals surface area contributed by atoms with E-state index in [0.29, 0.717) is 24.5 Å². The number of amides is 1. The van der Waals surface area contributed by atoms with Crippen molar-refractivity contribution in [2.45, 2.75) is 44.2 Å². The average Bonchev–Trinajstić information content (AvgIpc) is 3.23. The molecule has 2 aliphatic rings. The number of hydrogen-bond donors (Lipinski definition) is 1. The number of carbonyl (C=O) groups excluding carboxylic acids is 1. The first-order chi connectivity index (χ1) is 11.6. The maximum atomic E-state index is 12.7. The quantitative estimate of drug-likeness (QED) is 0.864. The van der Waals surface area contributed by atoms with Crippen LogP contribution in [0.1, 0.15) is 42.5 Å². The number of aliphatic carboxylic acids is 1. The van der Waals surface area contributed by atoms with Gasteiger partial charge in [0.2, 0.25) is 0 Å². The summed E-state index contributed by atoms with van der Waals surface area (Å²) in [5.74, 6) is -0.347. The highest BCUT2D eigenvalue weighted by atomic mass is 16.5. The number of benzene rings is 1. The van der Waals surface area contributed by atoms with Crippen LogP contribution in [0, 0.1) is 0 Å². The Balaban J connectivity index is 1.63. The molecule has 2 saturated heterocycles. The van der Waals surface area contributed by atoms with Gasteiger partial charge in [-0.25, -0.2) is 0 Å². The van der Waals surface area contributed by atoms with Crippen molar-refractivity contribution in [2.75, 3.05) is 19.8 Å². The summed E-state index contributed by atoms with van der Waals surface area (Å²) >= 11 is 0. The molecular formula is C18H23NO5. The molecule has 0 spiro atoms. The Labute approximate surface area is 141 Å². The van der Waals surface area contributed by atoms with E-state index in [1.165, 1.54) is 0 Å². The maximum absolute atomic E-state index is 12.7. The summed E-state index contributed by atoms with van der Waals surface area (Å²) in [6.07, 6.45) is 3.78. The number of carbonyl (C=O) groups is 2. The molecule has 2 unspecified atom stereocenters. The van der Waals surface area contributed by atoms with Crippen molar-refractivity contribution in [3.05, 3.63) is 29.8 Å². The number of nitrogens with zero attached hydrogens (tertiary/aromatic N) is 1. The Bertz CT molecular complexity index is 597. The Morgan fingerprint density at radius 3 is 2.92 bits per heavy atom. The molecule has 2 fully saturated rings. The SMILES string of the molecule is O=C(O)CC1CCCN1C(=O)c1cccc(OCC2CCCO2)c1. The molecule has 0 bridgehead atoms. The fourth-order valence-electron chi connectivity index (χ4n) is 3.37. The lowest BCUT2D eigenvalue weighted by atomic mass is 10.1. The second-order valence-electron chi connectivity index (χ2n) is 6.37. The predicted octanol–water partition coefficient (Wildman–Crippen LogP) is 2.32. The van der Waals surface area contributed by atoms with Gasteiger partial charge in [0.15, 0.2) is 0 Å². The standard InChI is InChI=1S/C18H23NO5/c20-17(21)11-14-5-2-8-19(14)18(22)13-4-1-6-15(10-13)24-12-16-7-3-9-23-16/h1,4,6,10,14,16H,2-3,5,7-9,11-12H2,(H,20,21). The number of ether oxygens (including phenoxy) is 2. The van der Waals surface area contributed by atoms with Crippen LogP contribution < -0.4 is 4.74 Å². The summed E-state index contributed by atoms with van der Waals surface area (Å²) in [6.45, 7) is 1.88. The molecule has 0 aromatic heterocycles. The number of hydrogen-bond acceptors (Lipinski definition) is 4. The predicted molar refractivity (Wildman–Crippen MR) is 87.2 cm³/mol. The van der Waals surface area contributed by atoms with Crippen molar-refractivity contribution in [1.29, 1.82) is 0 Å². The number of likely N-dealkylation sites (tertiary alicyclic amines) is 1. The lowest BCUT2D eigenvalue weighted by Gasteiger charge is -2.23.